The van der Waals surface area contributed by atoms with Gasteiger partial charge in [-0.3, -0.25) is 4.79 Å². The lowest BCUT2D eigenvalue weighted by molar-refractivity contribution is 0.0992. The smallest absolute Gasteiger partial charge is 0.168 e. The third kappa shape index (κ3) is 3.46. The zero-order valence-corrected chi connectivity index (χ0v) is 13.3. The summed E-state index contributed by atoms with van der Waals surface area (Å²) in [7, 11) is 0. The van der Waals surface area contributed by atoms with Gasteiger partial charge in [-0.15, -0.1) is 0 Å². The highest BCUT2D eigenvalue weighted by Crippen LogP contribution is 2.27. The molecule has 0 aliphatic rings. The largest absolute Gasteiger partial charge is 0.294 e. The fraction of sp³-hybridized carbons (Fsp3) is 0.0714. The van der Waals surface area contributed by atoms with Gasteiger partial charge in [0, 0.05) is 15.6 Å². The van der Waals surface area contributed by atoms with Crippen LogP contribution in [-0.4, -0.2) is 5.78 Å². The van der Waals surface area contributed by atoms with Crippen LogP contribution in [0.2, 0.25) is 10.0 Å². The number of halogens is 4. The summed E-state index contributed by atoms with van der Waals surface area (Å²) in [5, 5.41) is 0.801. The molecule has 1 nitrogen and oxygen atoms in total. The van der Waals surface area contributed by atoms with Crippen molar-refractivity contribution >= 4 is 51.6 Å². The van der Waals surface area contributed by atoms with Gasteiger partial charge in [0.1, 0.15) is 5.82 Å². The molecule has 0 saturated heterocycles. The van der Waals surface area contributed by atoms with Crippen LogP contribution in [0, 0.1) is 9.39 Å². The first-order valence-electron chi connectivity index (χ1n) is 5.40. The van der Waals surface area contributed by atoms with Crippen LogP contribution in [0.5, 0.6) is 0 Å². The number of hydrogen-bond acceptors (Lipinski definition) is 1. The summed E-state index contributed by atoms with van der Waals surface area (Å²) in [4.78, 5) is 12.2. The van der Waals surface area contributed by atoms with Crippen LogP contribution >= 0.6 is 45.8 Å². The predicted octanol–water partition coefficient (Wildman–Crippen LogP) is 5.16. The third-order valence-corrected chi connectivity index (χ3v) is 4.36. The second-order valence-corrected chi connectivity index (χ2v) is 5.88. The van der Waals surface area contributed by atoms with E-state index in [0.29, 0.717) is 24.7 Å². The fourth-order valence-electron chi connectivity index (χ4n) is 1.67. The highest BCUT2D eigenvalue weighted by atomic mass is 127. The molecule has 0 bridgehead atoms. The Balaban J connectivity index is 2.28. The van der Waals surface area contributed by atoms with Crippen molar-refractivity contribution in [3.05, 3.63) is 67.0 Å². The van der Waals surface area contributed by atoms with Gasteiger partial charge in [0.25, 0.3) is 0 Å². The molecule has 2 rings (SSSR count). The van der Waals surface area contributed by atoms with E-state index in [0.717, 1.165) is 0 Å². The molecular formula is C14H8Cl2FIO. The van der Waals surface area contributed by atoms with E-state index in [1.807, 2.05) is 22.6 Å². The van der Waals surface area contributed by atoms with Crippen molar-refractivity contribution < 1.29 is 9.18 Å². The summed E-state index contributed by atoms with van der Waals surface area (Å²) in [5.74, 6) is -0.477. The van der Waals surface area contributed by atoms with Gasteiger partial charge in [0.05, 0.1) is 10.0 Å². The topological polar surface area (TPSA) is 17.1 Å². The first-order valence-corrected chi connectivity index (χ1v) is 7.23. The van der Waals surface area contributed by atoms with Crippen molar-refractivity contribution in [2.45, 2.75) is 6.42 Å². The van der Waals surface area contributed by atoms with Crippen LogP contribution < -0.4 is 0 Å². The molecule has 0 spiro atoms. The maximum atomic E-state index is 13.0. The normalized spacial score (nSPS) is 10.5. The zero-order chi connectivity index (χ0) is 14.0. The molecule has 0 aromatic heterocycles. The molecule has 2 aromatic rings. The van der Waals surface area contributed by atoms with Crippen LogP contribution in [0.15, 0.2) is 36.4 Å². The van der Waals surface area contributed by atoms with Crippen molar-refractivity contribution in [3.8, 4) is 0 Å². The second kappa shape index (κ2) is 6.20. The second-order valence-electron chi connectivity index (χ2n) is 3.94. The Morgan fingerprint density at radius 3 is 2.63 bits per heavy atom. The van der Waals surface area contributed by atoms with Gasteiger partial charge >= 0.3 is 0 Å². The molecule has 0 radical (unpaired) electrons. The molecular weight excluding hydrogens is 401 g/mol. The number of carbonyl (C=O) groups excluding carboxylic acids is 1. The van der Waals surface area contributed by atoms with Crippen LogP contribution in [0.1, 0.15) is 15.9 Å². The Morgan fingerprint density at radius 2 is 1.95 bits per heavy atom. The summed E-state index contributed by atoms with van der Waals surface area (Å²) in [6, 6.07) is 9.24. The number of rotatable bonds is 3. The lowest BCUT2D eigenvalue weighted by atomic mass is 10.0. The molecule has 0 amide bonds. The Morgan fingerprint density at radius 1 is 1.21 bits per heavy atom. The molecule has 5 heteroatoms. The van der Waals surface area contributed by atoms with Gasteiger partial charge in [-0.25, -0.2) is 4.39 Å². The Hall–Kier alpha value is -0.650. The van der Waals surface area contributed by atoms with E-state index in [9.17, 15) is 9.18 Å². The molecule has 0 aliphatic carbocycles. The molecule has 0 atom stereocenters. The summed E-state index contributed by atoms with van der Waals surface area (Å²) >= 11 is 13.9. The number of hydrogen-bond donors (Lipinski definition) is 0. The summed E-state index contributed by atoms with van der Waals surface area (Å²) < 4.78 is 13.6. The van der Waals surface area contributed by atoms with Gasteiger partial charge in [-0.1, -0.05) is 35.3 Å². The zero-order valence-electron chi connectivity index (χ0n) is 9.59. The predicted molar refractivity (Wildman–Crippen MR) is 83.6 cm³/mol. The highest BCUT2D eigenvalue weighted by Gasteiger charge is 2.14. The average molecular weight is 409 g/mol. The van der Waals surface area contributed by atoms with E-state index in [1.54, 1.807) is 18.2 Å². The third-order valence-electron chi connectivity index (χ3n) is 2.61. The van der Waals surface area contributed by atoms with Gasteiger partial charge in [0.2, 0.25) is 0 Å². The van der Waals surface area contributed by atoms with Gasteiger partial charge < -0.3 is 0 Å². The number of benzene rings is 2. The van der Waals surface area contributed by atoms with Crippen LogP contribution in [0.4, 0.5) is 4.39 Å². The highest BCUT2D eigenvalue weighted by molar-refractivity contribution is 14.1. The fourth-order valence-corrected chi connectivity index (χ4v) is 2.83. The average Bonchev–Trinajstić information content (AvgIpc) is 2.34. The minimum absolute atomic E-state index is 0.117. The number of Topliss-reactive ketones (excluding diaryl/α,β-unsaturated/α-hetero) is 1. The molecule has 0 fully saturated rings. The van der Waals surface area contributed by atoms with Crippen molar-refractivity contribution in [1.29, 1.82) is 0 Å². The lowest BCUT2D eigenvalue weighted by Gasteiger charge is -2.07. The van der Waals surface area contributed by atoms with Gasteiger partial charge in [-0.05, 0) is 52.4 Å². The number of carbonyl (C=O) groups is 1. The monoisotopic (exact) mass is 408 g/mol. The maximum Gasteiger partial charge on any atom is 0.168 e. The van der Waals surface area contributed by atoms with Gasteiger partial charge in [-0.2, -0.15) is 0 Å². The van der Waals surface area contributed by atoms with Gasteiger partial charge in [0.15, 0.2) is 5.78 Å². The van der Waals surface area contributed by atoms with Crippen molar-refractivity contribution in [2.24, 2.45) is 0 Å². The lowest BCUT2D eigenvalue weighted by Crippen LogP contribution is -2.06. The molecule has 0 saturated carbocycles. The van der Waals surface area contributed by atoms with E-state index >= 15 is 0 Å². The SMILES string of the molecule is O=C(Cc1cccc(Cl)c1Cl)c1ccc(F)cc1I. The molecule has 0 N–H and O–H groups in total. The Kier molecular flexibility index (Phi) is 4.81. The van der Waals surface area contributed by atoms with E-state index in [4.69, 9.17) is 23.2 Å². The standard InChI is InChI=1S/C14H8Cl2FIO/c15-11-3-1-2-8(14(11)16)6-13(19)10-5-4-9(17)7-12(10)18/h1-5,7H,6H2. The summed E-state index contributed by atoms with van der Waals surface area (Å²) in [6.45, 7) is 0. The van der Waals surface area contributed by atoms with Crippen molar-refractivity contribution in [1.82, 2.24) is 0 Å². The molecule has 0 heterocycles. The minimum atomic E-state index is -0.360. The maximum absolute atomic E-state index is 13.0. The molecule has 0 unspecified atom stereocenters. The van der Waals surface area contributed by atoms with Crippen LogP contribution in [0.25, 0.3) is 0 Å². The molecule has 19 heavy (non-hydrogen) atoms. The molecule has 98 valence electrons. The first kappa shape index (κ1) is 14.8. The van der Waals surface area contributed by atoms with Crippen LogP contribution in [-0.2, 0) is 6.42 Å². The van der Waals surface area contributed by atoms with Crippen molar-refractivity contribution in [3.63, 3.8) is 0 Å². The first-order chi connectivity index (χ1) is 8.99. The number of ketones is 1. The van der Waals surface area contributed by atoms with E-state index in [-0.39, 0.29) is 18.0 Å². The minimum Gasteiger partial charge on any atom is -0.294 e. The van der Waals surface area contributed by atoms with E-state index in [1.165, 1.54) is 18.2 Å². The van der Waals surface area contributed by atoms with Crippen molar-refractivity contribution in [2.75, 3.05) is 0 Å². The Bertz CT molecular complexity index is 643. The quantitative estimate of drug-likeness (QED) is 0.506. The van der Waals surface area contributed by atoms with Crippen LogP contribution in [0.3, 0.4) is 0 Å². The molecule has 2 aromatic carbocycles. The molecule has 0 aliphatic heterocycles. The summed E-state index contributed by atoms with van der Waals surface area (Å²) in [6.07, 6.45) is 0.140. The summed E-state index contributed by atoms with van der Waals surface area (Å²) in [5.41, 5.74) is 1.15. The Labute approximate surface area is 133 Å². The van der Waals surface area contributed by atoms with E-state index in [2.05, 4.69) is 0 Å². The van der Waals surface area contributed by atoms with E-state index < -0.39 is 0 Å².